The molecular formula is C36H62N8O11. The number of likely N-dealkylation sites (tertiary alicyclic amines) is 1. The number of carbonyl (C=O) groups excluding carboxylic acids is 7. The average Bonchev–Trinajstić information content (AvgIpc) is 3.56. The molecule has 0 radical (unpaired) electrons. The zero-order chi connectivity index (χ0) is 42.3. The third-order valence-corrected chi connectivity index (χ3v) is 9.30. The molecule has 1 heterocycles. The number of hydrogen-bond donors (Lipinski definition) is 9. The largest absolute Gasteiger partial charge is 0.481 e. The predicted molar refractivity (Wildman–Crippen MR) is 199 cm³/mol. The molecule has 8 atom stereocenters. The van der Waals surface area contributed by atoms with Crippen LogP contribution < -0.4 is 38.1 Å². The minimum absolute atomic E-state index is 0.0559. The van der Waals surface area contributed by atoms with Crippen molar-refractivity contribution in [1.29, 1.82) is 0 Å². The summed E-state index contributed by atoms with van der Waals surface area (Å²) in [5.41, 5.74) is 11.3. The quantitative estimate of drug-likeness (QED) is 0.0601. The normalized spacial score (nSPS) is 18.0. The average molecular weight is 783 g/mol. The predicted octanol–water partition coefficient (Wildman–Crippen LogP) is -1.04. The van der Waals surface area contributed by atoms with Crippen LogP contribution in [-0.2, 0) is 43.2 Å². The summed E-state index contributed by atoms with van der Waals surface area (Å²) in [4.78, 5) is 117. The minimum atomic E-state index is -1.56. The summed E-state index contributed by atoms with van der Waals surface area (Å²) < 4.78 is 0. The van der Waals surface area contributed by atoms with Gasteiger partial charge in [0.25, 0.3) is 0 Å². The van der Waals surface area contributed by atoms with E-state index >= 15 is 0 Å². The van der Waals surface area contributed by atoms with Gasteiger partial charge in [-0.3, -0.25) is 38.4 Å². The Morgan fingerprint density at radius 2 is 1.24 bits per heavy atom. The lowest BCUT2D eigenvalue weighted by Gasteiger charge is -2.31. The molecule has 11 N–H and O–H groups in total. The molecule has 0 aromatic carbocycles. The van der Waals surface area contributed by atoms with E-state index in [1.807, 2.05) is 13.8 Å². The van der Waals surface area contributed by atoms with E-state index in [0.717, 1.165) is 0 Å². The summed E-state index contributed by atoms with van der Waals surface area (Å²) in [6.07, 6.45) is -0.0747. The van der Waals surface area contributed by atoms with E-state index in [9.17, 15) is 53.4 Å². The molecule has 1 aliphatic rings. The van der Waals surface area contributed by atoms with Crippen LogP contribution in [0.25, 0.3) is 0 Å². The Hall–Kier alpha value is -4.81. The van der Waals surface area contributed by atoms with Crippen LogP contribution in [0.5, 0.6) is 0 Å². The van der Waals surface area contributed by atoms with Gasteiger partial charge in [0.1, 0.15) is 36.3 Å². The number of carboxylic acids is 2. The molecule has 0 aliphatic carbocycles. The molecule has 1 rings (SSSR count). The van der Waals surface area contributed by atoms with Gasteiger partial charge in [-0.1, -0.05) is 61.8 Å². The topological polar surface area (TPSA) is 310 Å². The van der Waals surface area contributed by atoms with E-state index in [1.165, 1.54) is 4.90 Å². The Balaban J connectivity index is 3.24. The summed E-state index contributed by atoms with van der Waals surface area (Å²) in [7, 11) is 0. The zero-order valence-corrected chi connectivity index (χ0v) is 33.2. The monoisotopic (exact) mass is 782 g/mol. The zero-order valence-electron chi connectivity index (χ0n) is 33.2. The van der Waals surface area contributed by atoms with Crippen LogP contribution in [0.4, 0.5) is 0 Å². The highest BCUT2D eigenvalue weighted by atomic mass is 16.4. The van der Waals surface area contributed by atoms with E-state index in [0.29, 0.717) is 19.3 Å². The van der Waals surface area contributed by atoms with Gasteiger partial charge in [0, 0.05) is 6.54 Å². The molecule has 1 saturated heterocycles. The van der Waals surface area contributed by atoms with Crippen molar-refractivity contribution in [3.05, 3.63) is 0 Å². The third-order valence-electron chi connectivity index (χ3n) is 9.30. The number of aliphatic carboxylic acids is 2. The molecule has 19 nitrogen and oxygen atoms in total. The minimum Gasteiger partial charge on any atom is -0.481 e. The van der Waals surface area contributed by atoms with Crippen molar-refractivity contribution in [3.8, 4) is 0 Å². The second-order valence-electron chi connectivity index (χ2n) is 15.4. The van der Waals surface area contributed by atoms with Gasteiger partial charge in [-0.2, -0.15) is 0 Å². The van der Waals surface area contributed by atoms with Crippen molar-refractivity contribution in [2.24, 2.45) is 35.1 Å². The number of nitrogens with one attached hydrogen (secondary N) is 5. The maximum Gasteiger partial charge on any atom is 0.326 e. The second kappa shape index (κ2) is 22.5. The van der Waals surface area contributed by atoms with Gasteiger partial charge < -0.3 is 53.2 Å². The molecule has 1 aliphatic heterocycles. The van der Waals surface area contributed by atoms with Crippen molar-refractivity contribution in [2.45, 2.75) is 143 Å². The van der Waals surface area contributed by atoms with Gasteiger partial charge in [0.15, 0.2) is 0 Å². The van der Waals surface area contributed by atoms with E-state index in [4.69, 9.17) is 11.5 Å². The van der Waals surface area contributed by atoms with Crippen LogP contribution in [0.15, 0.2) is 0 Å². The van der Waals surface area contributed by atoms with Crippen LogP contribution in [0.3, 0.4) is 0 Å². The highest BCUT2D eigenvalue weighted by Crippen LogP contribution is 2.21. The van der Waals surface area contributed by atoms with E-state index < -0.39 is 120 Å². The smallest absolute Gasteiger partial charge is 0.326 e. The molecule has 0 saturated carbocycles. The molecule has 0 aromatic rings. The van der Waals surface area contributed by atoms with Crippen molar-refractivity contribution in [3.63, 3.8) is 0 Å². The van der Waals surface area contributed by atoms with Gasteiger partial charge in [0.05, 0.1) is 18.9 Å². The molecule has 312 valence electrons. The highest BCUT2D eigenvalue weighted by Gasteiger charge is 2.41. The molecular weight excluding hydrogens is 720 g/mol. The fourth-order valence-electron chi connectivity index (χ4n) is 6.14. The van der Waals surface area contributed by atoms with Crippen molar-refractivity contribution < 1.29 is 53.4 Å². The molecule has 0 bridgehead atoms. The number of nitrogens with two attached hydrogens (primary N) is 2. The Labute approximate surface area is 322 Å². The van der Waals surface area contributed by atoms with Gasteiger partial charge in [0.2, 0.25) is 41.4 Å². The molecule has 8 unspecified atom stereocenters. The molecule has 0 aromatic heterocycles. The van der Waals surface area contributed by atoms with Crippen molar-refractivity contribution >= 4 is 53.3 Å². The number of nitrogens with zero attached hydrogens (tertiary/aromatic N) is 1. The van der Waals surface area contributed by atoms with Crippen LogP contribution in [0.2, 0.25) is 0 Å². The summed E-state index contributed by atoms with van der Waals surface area (Å²) in [5.74, 6) is -9.56. The number of carboxylic acid groups (broad SMARTS) is 2. The second-order valence-corrected chi connectivity index (χ2v) is 15.4. The van der Waals surface area contributed by atoms with E-state index in [1.54, 1.807) is 41.5 Å². The Bertz CT molecular complexity index is 1410. The Kier molecular flexibility index (Phi) is 19.8. The third kappa shape index (κ3) is 15.8. The fourth-order valence-corrected chi connectivity index (χ4v) is 6.14. The highest BCUT2D eigenvalue weighted by molar-refractivity contribution is 5.98. The Morgan fingerprint density at radius 1 is 0.691 bits per heavy atom. The number of hydrogen-bond acceptors (Lipinski definition) is 10. The first-order chi connectivity index (χ1) is 25.5. The summed E-state index contributed by atoms with van der Waals surface area (Å²) in [6, 6.07) is -8.97. The fraction of sp³-hybridized carbons (Fsp3) is 0.750. The SMILES string of the molecule is CCC(C)C(NC(=O)C(CC(N)=O)NC(=O)C(CC(C)C)NC(=O)C(NC(=O)C1CCCN1C(=O)C(CC(=O)O)NC(=O)C(N)CC(C)C)C(C)C)C(=O)O. The first-order valence-electron chi connectivity index (χ1n) is 18.8. The maximum absolute atomic E-state index is 13.7. The molecule has 19 heteroatoms. The summed E-state index contributed by atoms with van der Waals surface area (Å²) in [5, 5.41) is 31.6. The number of carbonyl (C=O) groups is 9. The van der Waals surface area contributed by atoms with E-state index in [2.05, 4.69) is 26.6 Å². The number of primary amides is 1. The molecule has 1 fully saturated rings. The van der Waals surface area contributed by atoms with Gasteiger partial charge in [-0.05, 0) is 49.4 Å². The standard InChI is InChI=1S/C36H62N8O11/c1-9-20(8)29(36(54)55)43-32(50)23(15-26(38)45)39-31(49)22(14-18(4)5)40-34(52)28(19(6)7)42-33(51)25-11-10-12-44(25)35(53)24(16-27(46)47)41-30(48)21(37)13-17(2)3/h17-25,28-29H,9-16,37H2,1-8H3,(H2,38,45)(H,39,49)(H,40,52)(H,41,48)(H,42,51)(H,43,50)(H,46,47)(H,54,55). The number of amides is 7. The number of rotatable bonds is 23. The van der Waals surface area contributed by atoms with Crippen LogP contribution in [0, 0.1) is 23.7 Å². The summed E-state index contributed by atoms with van der Waals surface area (Å²) >= 11 is 0. The maximum atomic E-state index is 13.7. The lowest BCUT2D eigenvalue weighted by atomic mass is 9.98. The first-order valence-corrected chi connectivity index (χ1v) is 18.8. The van der Waals surface area contributed by atoms with Crippen LogP contribution in [0.1, 0.15) is 100 Å². The first kappa shape index (κ1) is 48.2. The van der Waals surface area contributed by atoms with Gasteiger partial charge in [-0.15, -0.1) is 0 Å². The van der Waals surface area contributed by atoms with Gasteiger partial charge in [-0.25, -0.2) is 4.79 Å². The van der Waals surface area contributed by atoms with Crippen molar-refractivity contribution in [1.82, 2.24) is 31.5 Å². The molecule has 0 spiro atoms. The molecule has 7 amide bonds. The van der Waals surface area contributed by atoms with Crippen LogP contribution in [-0.4, -0.2) is 117 Å². The van der Waals surface area contributed by atoms with Gasteiger partial charge >= 0.3 is 11.9 Å². The lowest BCUT2D eigenvalue weighted by Crippen LogP contribution is -2.61. The Morgan fingerprint density at radius 3 is 1.73 bits per heavy atom. The van der Waals surface area contributed by atoms with E-state index in [-0.39, 0.29) is 31.2 Å². The summed E-state index contributed by atoms with van der Waals surface area (Å²) in [6.45, 7) is 14.0. The van der Waals surface area contributed by atoms with Crippen molar-refractivity contribution in [2.75, 3.05) is 6.54 Å². The van der Waals surface area contributed by atoms with Crippen LogP contribution >= 0.6 is 0 Å². The lowest BCUT2D eigenvalue weighted by molar-refractivity contribution is -0.146. The molecule has 55 heavy (non-hydrogen) atoms.